The van der Waals surface area contributed by atoms with Crippen LogP contribution in [0.15, 0.2) is 24.3 Å². The Bertz CT molecular complexity index is 487. The van der Waals surface area contributed by atoms with Gasteiger partial charge in [-0.15, -0.1) is 0 Å². The number of rotatable bonds is 4. The number of hydrogen-bond acceptors (Lipinski definition) is 2. The van der Waals surface area contributed by atoms with Gasteiger partial charge in [0.25, 0.3) is 0 Å². The smallest absolute Gasteiger partial charge is 0.310 e. The lowest BCUT2D eigenvalue weighted by molar-refractivity contribution is -0.138. The quantitative estimate of drug-likeness (QED) is 0.829. The second-order valence-corrected chi connectivity index (χ2v) is 5.86. The number of benzene rings is 1. The Kier molecular flexibility index (Phi) is 5.37. The minimum absolute atomic E-state index is 0.0935. The number of amides is 1. The normalized spacial score (nSPS) is 17.8. The van der Waals surface area contributed by atoms with Gasteiger partial charge in [-0.25, -0.2) is 0 Å². The van der Waals surface area contributed by atoms with Crippen molar-refractivity contribution < 1.29 is 14.7 Å². The maximum atomic E-state index is 12.2. The molecule has 4 nitrogen and oxygen atoms in total. The van der Waals surface area contributed by atoms with Crippen LogP contribution < -0.4 is 5.32 Å². The topological polar surface area (TPSA) is 66.4 Å². The van der Waals surface area contributed by atoms with Crippen LogP contribution in [0.3, 0.4) is 0 Å². The number of hydrogen-bond donors (Lipinski definition) is 2. The van der Waals surface area contributed by atoms with Crippen LogP contribution in [0, 0.1) is 5.92 Å². The standard InChI is InChI=1S/C17H23NO3/c1-12(17(20)21)13-8-10-15(11-9-13)18-16(19)14-6-4-2-3-5-7-14/h8-12,14H,2-7H2,1H3,(H,18,19)(H,20,21). The Morgan fingerprint density at radius 2 is 1.67 bits per heavy atom. The van der Waals surface area contributed by atoms with Crippen LogP contribution in [0.2, 0.25) is 0 Å². The fourth-order valence-corrected chi connectivity index (χ4v) is 2.78. The van der Waals surface area contributed by atoms with E-state index in [1.807, 2.05) is 0 Å². The van der Waals surface area contributed by atoms with Crippen LogP contribution in [0.1, 0.15) is 56.9 Å². The number of anilines is 1. The molecule has 1 atom stereocenters. The minimum atomic E-state index is -0.842. The Morgan fingerprint density at radius 3 is 2.19 bits per heavy atom. The fourth-order valence-electron chi connectivity index (χ4n) is 2.78. The zero-order valence-corrected chi connectivity index (χ0v) is 12.5. The zero-order valence-electron chi connectivity index (χ0n) is 12.5. The molecule has 0 radical (unpaired) electrons. The van der Waals surface area contributed by atoms with E-state index in [4.69, 9.17) is 5.11 Å². The van der Waals surface area contributed by atoms with Crippen molar-refractivity contribution in [2.45, 2.75) is 51.4 Å². The molecular formula is C17H23NO3. The van der Waals surface area contributed by atoms with E-state index in [0.717, 1.165) is 36.9 Å². The van der Waals surface area contributed by atoms with Crippen molar-refractivity contribution in [3.8, 4) is 0 Å². The number of aliphatic carboxylic acids is 1. The van der Waals surface area contributed by atoms with Gasteiger partial charge in [-0.3, -0.25) is 9.59 Å². The summed E-state index contributed by atoms with van der Waals surface area (Å²) >= 11 is 0. The van der Waals surface area contributed by atoms with Gasteiger partial charge in [-0.2, -0.15) is 0 Å². The van der Waals surface area contributed by atoms with Crippen molar-refractivity contribution in [1.82, 2.24) is 0 Å². The summed E-state index contributed by atoms with van der Waals surface area (Å²) in [5, 5.41) is 11.9. The zero-order chi connectivity index (χ0) is 15.2. The lowest BCUT2D eigenvalue weighted by atomic mass is 9.99. The van der Waals surface area contributed by atoms with E-state index in [2.05, 4.69) is 5.32 Å². The molecule has 1 fully saturated rings. The Morgan fingerprint density at radius 1 is 1.10 bits per heavy atom. The van der Waals surface area contributed by atoms with Crippen LogP contribution in [-0.4, -0.2) is 17.0 Å². The molecule has 21 heavy (non-hydrogen) atoms. The first-order valence-corrected chi connectivity index (χ1v) is 7.71. The number of carboxylic acid groups (broad SMARTS) is 1. The SMILES string of the molecule is CC(C(=O)O)c1ccc(NC(=O)C2CCCCCC2)cc1. The molecule has 1 aromatic rings. The molecule has 1 amide bonds. The second kappa shape index (κ2) is 7.25. The largest absolute Gasteiger partial charge is 0.481 e. The highest BCUT2D eigenvalue weighted by Gasteiger charge is 2.20. The van der Waals surface area contributed by atoms with Crippen molar-refractivity contribution in [1.29, 1.82) is 0 Å². The third kappa shape index (κ3) is 4.31. The van der Waals surface area contributed by atoms with Gasteiger partial charge in [-0.1, -0.05) is 37.8 Å². The lowest BCUT2D eigenvalue weighted by Crippen LogP contribution is -2.22. The Hall–Kier alpha value is -1.84. The van der Waals surface area contributed by atoms with Gasteiger partial charge in [0.2, 0.25) is 5.91 Å². The first kappa shape index (κ1) is 15.5. The summed E-state index contributed by atoms with van der Waals surface area (Å²) in [5.41, 5.74) is 1.49. The average molecular weight is 289 g/mol. The monoisotopic (exact) mass is 289 g/mol. The number of carbonyl (C=O) groups is 2. The molecule has 0 heterocycles. The predicted molar refractivity (Wildman–Crippen MR) is 82.3 cm³/mol. The van der Waals surface area contributed by atoms with E-state index in [1.54, 1.807) is 31.2 Å². The van der Waals surface area contributed by atoms with E-state index in [-0.39, 0.29) is 11.8 Å². The number of carbonyl (C=O) groups excluding carboxylic acids is 1. The summed E-state index contributed by atoms with van der Waals surface area (Å²) in [5.74, 6) is -1.16. The summed E-state index contributed by atoms with van der Waals surface area (Å²) in [6, 6.07) is 7.09. The molecule has 0 bridgehead atoms. The summed E-state index contributed by atoms with van der Waals surface area (Å²) in [6.07, 6.45) is 6.66. The van der Waals surface area contributed by atoms with Crippen molar-refractivity contribution in [3.05, 3.63) is 29.8 Å². The molecule has 1 aliphatic rings. The molecule has 1 aromatic carbocycles. The number of nitrogens with one attached hydrogen (secondary N) is 1. The Labute approximate surface area is 125 Å². The van der Waals surface area contributed by atoms with Gasteiger partial charge in [0.15, 0.2) is 0 Å². The van der Waals surface area contributed by atoms with Gasteiger partial charge in [0.05, 0.1) is 5.92 Å². The molecule has 1 saturated carbocycles. The van der Waals surface area contributed by atoms with Crippen LogP contribution in [0.4, 0.5) is 5.69 Å². The lowest BCUT2D eigenvalue weighted by Gasteiger charge is -2.14. The van der Waals surface area contributed by atoms with E-state index in [1.165, 1.54) is 12.8 Å². The van der Waals surface area contributed by atoms with Crippen molar-refractivity contribution in [3.63, 3.8) is 0 Å². The Balaban J connectivity index is 1.96. The molecule has 2 rings (SSSR count). The second-order valence-electron chi connectivity index (χ2n) is 5.86. The van der Waals surface area contributed by atoms with Crippen LogP contribution in [-0.2, 0) is 9.59 Å². The summed E-state index contributed by atoms with van der Waals surface area (Å²) in [7, 11) is 0. The molecule has 0 saturated heterocycles. The van der Waals surface area contributed by atoms with E-state index in [9.17, 15) is 9.59 Å². The maximum Gasteiger partial charge on any atom is 0.310 e. The highest BCUT2D eigenvalue weighted by atomic mass is 16.4. The number of carboxylic acids is 1. The van der Waals surface area contributed by atoms with E-state index < -0.39 is 11.9 Å². The molecule has 1 unspecified atom stereocenters. The summed E-state index contributed by atoms with van der Waals surface area (Å²) in [6.45, 7) is 1.65. The maximum absolute atomic E-state index is 12.2. The molecule has 114 valence electrons. The molecule has 4 heteroatoms. The highest BCUT2D eigenvalue weighted by molar-refractivity contribution is 5.92. The molecule has 2 N–H and O–H groups in total. The summed E-state index contributed by atoms with van der Waals surface area (Å²) in [4.78, 5) is 23.2. The van der Waals surface area contributed by atoms with Crippen molar-refractivity contribution in [2.75, 3.05) is 5.32 Å². The molecule has 0 aromatic heterocycles. The molecule has 0 spiro atoms. The predicted octanol–water partition coefficient (Wildman–Crippen LogP) is 3.78. The third-order valence-corrected chi connectivity index (χ3v) is 4.27. The van der Waals surface area contributed by atoms with Gasteiger partial charge >= 0.3 is 5.97 Å². The van der Waals surface area contributed by atoms with E-state index in [0.29, 0.717) is 0 Å². The van der Waals surface area contributed by atoms with Crippen LogP contribution in [0.25, 0.3) is 0 Å². The van der Waals surface area contributed by atoms with Crippen LogP contribution >= 0.6 is 0 Å². The first-order valence-electron chi connectivity index (χ1n) is 7.71. The summed E-state index contributed by atoms with van der Waals surface area (Å²) < 4.78 is 0. The average Bonchev–Trinajstić information content (AvgIpc) is 2.76. The van der Waals surface area contributed by atoms with Crippen molar-refractivity contribution in [2.24, 2.45) is 5.92 Å². The van der Waals surface area contributed by atoms with Gasteiger partial charge < -0.3 is 10.4 Å². The van der Waals surface area contributed by atoms with Gasteiger partial charge in [0.1, 0.15) is 0 Å². The molecular weight excluding hydrogens is 266 g/mol. The van der Waals surface area contributed by atoms with E-state index >= 15 is 0 Å². The minimum Gasteiger partial charge on any atom is -0.481 e. The molecule has 0 aliphatic heterocycles. The third-order valence-electron chi connectivity index (χ3n) is 4.27. The van der Waals surface area contributed by atoms with Crippen LogP contribution in [0.5, 0.6) is 0 Å². The molecule has 1 aliphatic carbocycles. The highest BCUT2D eigenvalue weighted by Crippen LogP contribution is 2.25. The van der Waals surface area contributed by atoms with Gasteiger partial charge in [-0.05, 0) is 37.5 Å². The van der Waals surface area contributed by atoms with Crippen molar-refractivity contribution >= 4 is 17.6 Å². The first-order chi connectivity index (χ1) is 10.1. The fraction of sp³-hybridized carbons (Fsp3) is 0.529. The van der Waals surface area contributed by atoms with Gasteiger partial charge in [0, 0.05) is 11.6 Å².